The van der Waals surface area contributed by atoms with Crippen molar-refractivity contribution in [2.75, 3.05) is 6.54 Å². The van der Waals surface area contributed by atoms with Crippen LogP contribution in [0.2, 0.25) is 0 Å². The molecule has 1 saturated heterocycles. The lowest BCUT2D eigenvalue weighted by molar-refractivity contribution is 0.0964. The van der Waals surface area contributed by atoms with Gasteiger partial charge in [0.25, 0.3) is 6.43 Å². The first-order chi connectivity index (χ1) is 6.09. The van der Waals surface area contributed by atoms with Gasteiger partial charge in [-0.3, -0.25) is 0 Å². The highest BCUT2D eigenvalue weighted by molar-refractivity contribution is 4.81. The van der Waals surface area contributed by atoms with Gasteiger partial charge in [-0.1, -0.05) is 0 Å². The van der Waals surface area contributed by atoms with Crippen LogP contribution in [-0.4, -0.2) is 31.1 Å². The lowest BCUT2D eigenvalue weighted by Crippen LogP contribution is -2.50. The lowest BCUT2D eigenvalue weighted by atomic mass is 10.0. The van der Waals surface area contributed by atoms with Crippen LogP contribution in [0.3, 0.4) is 0 Å². The van der Waals surface area contributed by atoms with Gasteiger partial charge >= 0.3 is 0 Å². The van der Waals surface area contributed by atoms with Crippen LogP contribution in [0.5, 0.6) is 0 Å². The van der Waals surface area contributed by atoms with Crippen LogP contribution < -0.4 is 10.6 Å². The second kappa shape index (κ2) is 4.86. The lowest BCUT2D eigenvalue weighted by Gasteiger charge is -2.30. The molecular weight excluding hydrogens is 174 g/mol. The fourth-order valence-corrected chi connectivity index (χ4v) is 1.59. The van der Waals surface area contributed by atoms with Crippen LogP contribution in [0.15, 0.2) is 0 Å². The zero-order chi connectivity index (χ0) is 9.84. The molecule has 0 spiro atoms. The Morgan fingerprint density at radius 3 is 2.54 bits per heavy atom. The number of alkyl halides is 2. The molecule has 0 aromatic rings. The average molecular weight is 192 g/mol. The molecule has 0 aromatic carbocycles. The zero-order valence-corrected chi connectivity index (χ0v) is 8.19. The normalized spacial score (nSPS) is 32.1. The van der Waals surface area contributed by atoms with Gasteiger partial charge < -0.3 is 10.6 Å². The van der Waals surface area contributed by atoms with Crippen molar-refractivity contribution in [3.63, 3.8) is 0 Å². The molecule has 4 heteroatoms. The fraction of sp³-hybridized carbons (Fsp3) is 1.00. The van der Waals surface area contributed by atoms with E-state index in [4.69, 9.17) is 0 Å². The number of rotatable bonds is 3. The molecule has 2 nitrogen and oxygen atoms in total. The van der Waals surface area contributed by atoms with E-state index in [2.05, 4.69) is 17.6 Å². The van der Waals surface area contributed by atoms with Gasteiger partial charge in [-0.2, -0.15) is 0 Å². The van der Waals surface area contributed by atoms with E-state index in [0.29, 0.717) is 6.04 Å². The first kappa shape index (κ1) is 10.9. The largest absolute Gasteiger partial charge is 0.313 e. The summed E-state index contributed by atoms with van der Waals surface area (Å²) >= 11 is 0. The Balaban J connectivity index is 2.22. The van der Waals surface area contributed by atoms with Crippen LogP contribution in [0, 0.1) is 0 Å². The Morgan fingerprint density at radius 1 is 1.38 bits per heavy atom. The van der Waals surface area contributed by atoms with Crippen molar-refractivity contribution in [2.45, 2.75) is 51.2 Å². The Kier molecular flexibility index (Phi) is 4.06. The molecule has 78 valence electrons. The second-order valence-electron chi connectivity index (χ2n) is 3.87. The summed E-state index contributed by atoms with van der Waals surface area (Å²) in [5.74, 6) is 0. The molecule has 0 aromatic heterocycles. The molecule has 1 rings (SSSR count). The maximum Gasteiger partial charge on any atom is 0.253 e. The van der Waals surface area contributed by atoms with Gasteiger partial charge in [-0.15, -0.1) is 0 Å². The molecule has 2 N–H and O–H groups in total. The van der Waals surface area contributed by atoms with Crippen molar-refractivity contribution in [1.29, 1.82) is 0 Å². The molecule has 1 heterocycles. The number of piperidine rings is 1. The molecule has 0 saturated carbocycles. The molecule has 1 aliphatic rings. The van der Waals surface area contributed by atoms with Crippen LogP contribution in [0.1, 0.15) is 26.7 Å². The summed E-state index contributed by atoms with van der Waals surface area (Å²) in [6, 6.07) is 0.0420. The third-order valence-electron chi connectivity index (χ3n) is 2.54. The average Bonchev–Trinajstić information content (AvgIpc) is 2.08. The Hall–Kier alpha value is -0.220. The predicted octanol–water partition coefficient (Wildman–Crippen LogP) is 1.37. The molecule has 0 amide bonds. The first-order valence-electron chi connectivity index (χ1n) is 4.87. The third kappa shape index (κ3) is 3.56. The Labute approximate surface area is 78.1 Å². The first-order valence-corrected chi connectivity index (χ1v) is 4.87. The smallest absolute Gasteiger partial charge is 0.253 e. The van der Waals surface area contributed by atoms with Gasteiger partial charge in [-0.25, -0.2) is 8.78 Å². The van der Waals surface area contributed by atoms with Crippen molar-refractivity contribution in [3.05, 3.63) is 0 Å². The molecular formula is C9H18F2N2. The van der Waals surface area contributed by atoms with Gasteiger partial charge in [0, 0.05) is 18.6 Å². The van der Waals surface area contributed by atoms with Crippen LogP contribution in [0.25, 0.3) is 0 Å². The maximum atomic E-state index is 12.2. The minimum atomic E-state index is -2.26. The number of halogens is 2. The maximum absolute atomic E-state index is 12.2. The van der Waals surface area contributed by atoms with Gasteiger partial charge in [0.15, 0.2) is 0 Å². The summed E-state index contributed by atoms with van der Waals surface area (Å²) in [5, 5.41) is 6.20. The number of hydrogen-bond acceptors (Lipinski definition) is 2. The minimum absolute atomic E-state index is 0.209. The molecule has 0 bridgehead atoms. The van der Waals surface area contributed by atoms with E-state index in [-0.39, 0.29) is 6.04 Å². The summed E-state index contributed by atoms with van der Waals surface area (Å²) in [6.45, 7) is 4.45. The fourth-order valence-electron chi connectivity index (χ4n) is 1.59. The van der Waals surface area contributed by atoms with Crippen LogP contribution in [0.4, 0.5) is 8.78 Å². The van der Waals surface area contributed by atoms with Gasteiger partial charge in [0.2, 0.25) is 0 Å². The van der Waals surface area contributed by atoms with Gasteiger partial charge in [0.05, 0.1) is 6.04 Å². The number of nitrogens with one attached hydrogen (secondary N) is 2. The summed E-state index contributed by atoms with van der Waals surface area (Å²) < 4.78 is 24.4. The van der Waals surface area contributed by atoms with Crippen molar-refractivity contribution < 1.29 is 8.78 Å². The minimum Gasteiger partial charge on any atom is -0.313 e. The van der Waals surface area contributed by atoms with E-state index in [1.165, 1.54) is 6.92 Å². The van der Waals surface area contributed by atoms with Gasteiger partial charge in [0.1, 0.15) is 0 Å². The molecule has 3 unspecified atom stereocenters. The topological polar surface area (TPSA) is 24.1 Å². The predicted molar refractivity (Wildman–Crippen MR) is 49.1 cm³/mol. The molecule has 1 fully saturated rings. The monoisotopic (exact) mass is 192 g/mol. The molecule has 13 heavy (non-hydrogen) atoms. The highest BCUT2D eigenvalue weighted by Gasteiger charge is 2.22. The SMILES string of the molecule is CC1CCC(NC(C)C(F)F)CN1. The Morgan fingerprint density at radius 2 is 2.08 bits per heavy atom. The molecule has 3 atom stereocenters. The highest BCUT2D eigenvalue weighted by Crippen LogP contribution is 2.09. The zero-order valence-electron chi connectivity index (χ0n) is 8.19. The van der Waals surface area contributed by atoms with Crippen LogP contribution in [-0.2, 0) is 0 Å². The van der Waals surface area contributed by atoms with Gasteiger partial charge in [-0.05, 0) is 26.7 Å². The van der Waals surface area contributed by atoms with E-state index in [9.17, 15) is 8.78 Å². The third-order valence-corrected chi connectivity index (χ3v) is 2.54. The van der Waals surface area contributed by atoms with Crippen molar-refractivity contribution in [3.8, 4) is 0 Å². The second-order valence-corrected chi connectivity index (χ2v) is 3.87. The summed E-state index contributed by atoms with van der Waals surface area (Å²) in [7, 11) is 0. The van der Waals surface area contributed by atoms with E-state index < -0.39 is 12.5 Å². The summed E-state index contributed by atoms with van der Waals surface area (Å²) in [5.41, 5.74) is 0. The number of hydrogen-bond donors (Lipinski definition) is 2. The van der Waals surface area contributed by atoms with Crippen molar-refractivity contribution in [2.24, 2.45) is 0 Å². The standard InChI is InChI=1S/C9H18F2N2/c1-6-3-4-8(5-12-6)13-7(2)9(10)11/h6-9,12-13H,3-5H2,1-2H3. The van der Waals surface area contributed by atoms with E-state index in [1.807, 2.05) is 0 Å². The van der Waals surface area contributed by atoms with Crippen LogP contribution >= 0.6 is 0 Å². The van der Waals surface area contributed by atoms with E-state index in [1.54, 1.807) is 0 Å². The van der Waals surface area contributed by atoms with Crippen molar-refractivity contribution >= 4 is 0 Å². The molecule has 0 aliphatic carbocycles. The van der Waals surface area contributed by atoms with Crippen molar-refractivity contribution in [1.82, 2.24) is 10.6 Å². The Bertz CT molecular complexity index is 145. The summed E-state index contributed by atoms with van der Waals surface area (Å²) in [4.78, 5) is 0. The molecule has 0 radical (unpaired) electrons. The van der Waals surface area contributed by atoms with E-state index >= 15 is 0 Å². The van der Waals surface area contributed by atoms with E-state index in [0.717, 1.165) is 19.4 Å². The summed E-state index contributed by atoms with van der Waals surface area (Å²) in [6.07, 6.45) is -0.210. The molecule has 1 aliphatic heterocycles. The quantitative estimate of drug-likeness (QED) is 0.705. The highest BCUT2D eigenvalue weighted by atomic mass is 19.3.